The van der Waals surface area contributed by atoms with E-state index in [0.717, 1.165) is 0 Å². The van der Waals surface area contributed by atoms with Crippen LogP contribution in [-0.4, -0.2) is 33.9 Å². The molecule has 0 aromatic rings. The van der Waals surface area contributed by atoms with E-state index in [9.17, 15) is 9.59 Å². The summed E-state index contributed by atoms with van der Waals surface area (Å²) in [5, 5.41) is 17.2. The molecule has 0 radical (unpaired) electrons. The number of carboxylic acids is 1. The summed E-state index contributed by atoms with van der Waals surface area (Å²) in [7, 11) is 0. The van der Waals surface area contributed by atoms with Gasteiger partial charge in [0.25, 0.3) is 0 Å². The van der Waals surface area contributed by atoms with Crippen LogP contribution in [0.15, 0.2) is 0 Å². The zero-order valence-electron chi connectivity index (χ0n) is 8.61. The molecule has 0 saturated carbocycles. The van der Waals surface area contributed by atoms with Crippen molar-refractivity contribution in [3.8, 4) is 0 Å². The molecule has 14 heavy (non-hydrogen) atoms. The number of hydrogen-bond acceptors (Lipinski definition) is 4. The van der Waals surface area contributed by atoms with Crippen LogP contribution < -0.4 is 0 Å². The number of aliphatic hydroxyl groups is 1. The van der Waals surface area contributed by atoms with Gasteiger partial charge in [-0.15, -0.1) is 0 Å². The number of ether oxygens (including phenoxy) is 1. The lowest BCUT2D eigenvalue weighted by Gasteiger charge is -2.19. The van der Waals surface area contributed by atoms with Crippen molar-refractivity contribution in [1.29, 1.82) is 0 Å². The van der Waals surface area contributed by atoms with Crippen molar-refractivity contribution in [2.24, 2.45) is 0 Å². The Kier molecular flexibility index (Phi) is 4.56. The van der Waals surface area contributed by atoms with Gasteiger partial charge in [0.05, 0.1) is 0 Å². The Hall–Kier alpha value is -1.10. The molecule has 0 aromatic carbocycles. The summed E-state index contributed by atoms with van der Waals surface area (Å²) >= 11 is 0. The lowest BCUT2D eigenvalue weighted by molar-refractivity contribution is -0.156. The van der Waals surface area contributed by atoms with Crippen LogP contribution in [0.3, 0.4) is 0 Å². The van der Waals surface area contributed by atoms with Crippen LogP contribution in [0.1, 0.15) is 33.6 Å². The number of carbonyl (C=O) groups excluding carboxylic acids is 1. The highest BCUT2D eigenvalue weighted by Gasteiger charge is 2.19. The average Bonchev–Trinajstić information content (AvgIpc) is 1.96. The first kappa shape index (κ1) is 12.9. The van der Waals surface area contributed by atoms with E-state index in [1.807, 2.05) is 0 Å². The Labute approximate surface area is 82.7 Å². The highest BCUT2D eigenvalue weighted by atomic mass is 16.6. The van der Waals surface area contributed by atoms with Gasteiger partial charge in [0.15, 0.2) is 6.10 Å². The number of carbonyl (C=O) groups is 2. The number of aliphatic carboxylic acids is 1. The standard InChI is InChI=1S/C9H16O5/c1-9(2,3)14-7(11)5-4-6(10)8(12)13/h6,10H,4-5H2,1-3H3,(H,12,13). The molecule has 0 heterocycles. The van der Waals surface area contributed by atoms with Gasteiger partial charge >= 0.3 is 11.9 Å². The van der Waals surface area contributed by atoms with Crippen LogP contribution in [0.5, 0.6) is 0 Å². The zero-order valence-corrected chi connectivity index (χ0v) is 8.61. The largest absolute Gasteiger partial charge is 0.479 e. The molecule has 0 aliphatic rings. The Morgan fingerprint density at radius 2 is 1.86 bits per heavy atom. The van der Waals surface area contributed by atoms with Crippen LogP contribution in [0.4, 0.5) is 0 Å². The Morgan fingerprint density at radius 3 is 2.21 bits per heavy atom. The third-order valence-electron chi connectivity index (χ3n) is 1.33. The van der Waals surface area contributed by atoms with Gasteiger partial charge in [0.1, 0.15) is 5.60 Å². The number of hydrogen-bond donors (Lipinski definition) is 2. The molecule has 0 aliphatic heterocycles. The first-order valence-corrected chi connectivity index (χ1v) is 4.35. The van der Waals surface area contributed by atoms with Crippen molar-refractivity contribution in [2.75, 3.05) is 0 Å². The summed E-state index contributed by atoms with van der Waals surface area (Å²) < 4.78 is 4.92. The number of rotatable bonds is 4. The molecule has 0 spiro atoms. The van der Waals surface area contributed by atoms with Crippen molar-refractivity contribution in [1.82, 2.24) is 0 Å². The maximum atomic E-state index is 11.1. The predicted molar refractivity (Wildman–Crippen MR) is 48.7 cm³/mol. The van der Waals surface area contributed by atoms with Gasteiger partial charge in [-0.2, -0.15) is 0 Å². The van der Waals surface area contributed by atoms with E-state index in [2.05, 4.69) is 0 Å². The summed E-state index contributed by atoms with van der Waals surface area (Å²) in [5.74, 6) is -1.83. The molecule has 5 nitrogen and oxygen atoms in total. The number of esters is 1. The minimum atomic E-state index is -1.50. The van der Waals surface area contributed by atoms with E-state index < -0.39 is 23.6 Å². The van der Waals surface area contributed by atoms with Crippen LogP contribution in [-0.2, 0) is 14.3 Å². The minimum absolute atomic E-state index is 0.0925. The van der Waals surface area contributed by atoms with Crippen molar-refractivity contribution in [2.45, 2.75) is 45.3 Å². The highest BCUT2D eigenvalue weighted by Crippen LogP contribution is 2.09. The first-order valence-electron chi connectivity index (χ1n) is 4.35. The molecular formula is C9H16O5. The topological polar surface area (TPSA) is 83.8 Å². The van der Waals surface area contributed by atoms with Gasteiger partial charge < -0.3 is 14.9 Å². The number of carboxylic acid groups (broad SMARTS) is 1. The minimum Gasteiger partial charge on any atom is -0.479 e. The van der Waals surface area contributed by atoms with Crippen molar-refractivity contribution >= 4 is 11.9 Å². The Balaban J connectivity index is 3.81. The molecule has 1 unspecified atom stereocenters. The smallest absolute Gasteiger partial charge is 0.332 e. The highest BCUT2D eigenvalue weighted by molar-refractivity contribution is 5.74. The molecule has 0 fully saturated rings. The predicted octanol–water partition coefficient (Wildman–Crippen LogP) is 0.554. The lowest BCUT2D eigenvalue weighted by atomic mass is 10.1. The quantitative estimate of drug-likeness (QED) is 0.653. The molecular weight excluding hydrogens is 188 g/mol. The molecule has 1 atom stereocenters. The third-order valence-corrected chi connectivity index (χ3v) is 1.33. The molecule has 2 N–H and O–H groups in total. The monoisotopic (exact) mass is 204 g/mol. The van der Waals surface area contributed by atoms with E-state index in [-0.39, 0.29) is 12.8 Å². The van der Waals surface area contributed by atoms with Crippen LogP contribution >= 0.6 is 0 Å². The zero-order chi connectivity index (χ0) is 11.4. The van der Waals surface area contributed by atoms with E-state index in [1.165, 1.54) is 0 Å². The lowest BCUT2D eigenvalue weighted by Crippen LogP contribution is -2.26. The molecule has 0 aromatic heterocycles. The summed E-state index contributed by atoms with van der Waals surface area (Å²) in [6.45, 7) is 5.16. The fourth-order valence-electron chi connectivity index (χ4n) is 0.771. The summed E-state index contributed by atoms with van der Waals surface area (Å²) in [6.07, 6.45) is -1.71. The van der Waals surface area contributed by atoms with Crippen LogP contribution in [0, 0.1) is 0 Å². The molecule has 0 aliphatic carbocycles. The fourth-order valence-corrected chi connectivity index (χ4v) is 0.771. The second kappa shape index (κ2) is 4.95. The summed E-state index contributed by atoms with van der Waals surface area (Å²) in [5.41, 5.74) is -0.578. The maximum absolute atomic E-state index is 11.1. The van der Waals surface area contributed by atoms with Gasteiger partial charge in [-0.25, -0.2) is 4.79 Å². The Morgan fingerprint density at radius 1 is 1.36 bits per heavy atom. The molecule has 82 valence electrons. The first-order chi connectivity index (χ1) is 6.22. The second-order valence-electron chi connectivity index (χ2n) is 3.98. The average molecular weight is 204 g/mol. The Bertz CT molecular complexity index is 216. The van der Waals surface area contributed by atoms with Gasteiger partial charge in [-0.3, -0.25) is 4.79 Å². The maximum Gasteiger partial charge on any atom is 0.332 e. The molecule has 0 bridgehead atoms. The normalized spacial score (nSPS) is 13.4. The van der Waals surface area contributed by atoms with Gasteiger partial charge in [0, 0.05) is 6.42 Å². The third kappa shape index (κ3) is 6.42. The van der Waals surface area contributed by atoms with E-state index in [4.69, 9.17) is 14.9 Å². The SMILES string of the molecule is CC(C)(C)OC(=O)CCC(O)C(=O)O. The van der Waals surface area contributed by atoms with Crippen molar-refractivity contribution in [3.05, 3.63) is 0 Å². The van der Waals surface area contributed by atoms with Crippen molar-refractivity contribution in [3.63, 3.8) is 0 Å². The van der Waals surface area contributed by atoms with E-state index in [0.29, 0.717) is 0 Å². The fraction of sp³-hybridized carbons (Fsp3) is 0.778. The molecule has 0 amide bonds. The molecule has 0 rings (SSSR count). The van der Waals surface area contributed by atoms with Crippen LogP contribution in [0.25, 0.3) is 0 Å². The van der Waals surface area contributed by atoms with Crippen molar-refractivity contribution < 1.29 is 24.5 Å². The second-order valence-corrected chi connectivity index (χ2v) is 3.98. The summed E-state index contributed by atoms with van der Waals surface area (Å²) in [6, 6.07) is 0. The number of aliphatic hydroxyl groups excluding tert-OH is 1. The summed E-state index contributed by atoms with van der Waals surface area (Å²) in [4.78, 5) is 21.3. The molecule has 0 saturated heterocycles. The van der Waals surface area contributed by atoms with Gasteiger partial charge in [0.2, 0.25) is 0 Å². The molecule has 5 heteroatoms. The van der Waals surface area contributed by atoms with Crippen LogP contribution in [0.2, 0.25) is 0 Å². The van der Waals surface area contributed by atoms with E-state index >= 15 is 0 Å². The van der Waals surface area contributed by atoms with E-state index in [1.54, 1.807) is 20.8 Å². The van der Waals surface area contributed by atoms with Gasteiger partial charge in [-0.1, -0.05) is 0 Å². The van der Waals surface area contributed by atoms with Gasteiger partial charge in [-0.05, 0) is 27.2 Å².